The first-order valence-corrected chi connectivity index (χ1v) is 7.52. The van der Waals surface area contributed by atoms with Gasteiger partial charge >= 0.3 is 5.97 Å². The SMILES string of the molecule is COC(=O)CCc1nc(N)c2ncn(Cc3ccc(C)nc3)c2n1. The Kier molecular flexibility index (Phi) is 4.37. The molecule has 124 valence electrons. The maximum Gasteiger partial charge on any atom is 0.305 e. The van der Waals surface area contributed by atoms with Crippen molar-refractivity contribution in [3.05, 3.63) is 41.7 Å². The van der Waals surface area contributed by atoms with E-state index in [0.717, 1.165) is 11.3 Å². The highest BCUT2D eigenvalue weighted by atomic mass is 16.5. The average Bonchev–Trinajstić information content (AvgIpc) is 2.98. The van der Waals surface area contributed by atoms with Gasteiger partial charge in [-0.05, 0) is 18.6 Å². The van der Waals surface area contributed by atoms with Gasteiger partial charge in [-0.15, -0.1) is 0 Å². The van der Waals surface area contributed by atoms with E-state index in [1.807, 2.05) is 29.8 Å². The number of nitrogens with two attached hydrogens (primary N) is 1. The Morgan fingerprint density at radius 3 is 2.83 bits per heavy atom. The van der Waals surface area contributed by atoms with Gasteiger partial charge < -0.3 is 15.0 Å². The van der Waals surface area contributed by atoms with Gasteiger partial charge in [-0.3, -0.25) is 9.78 Å². The molecule has 0 saturated heterocycles. The quantitative estimate of drug-likeness (QED) is 0.703. The summed E-state index contributed by atoms with van der Waals surface area (Å²) in [7, 11) is 1.35. The van der Waals surface area contributed by atoms with Gasteiger partial charge in [0.05, 0.1) is 26.4 Å². The predicted octanol–water partition coefficient (Wildman–Crippen LogP) is 1.27. The number of ether oxygens (including phenoxy) is 1. The fourth-order valence-corrected chi connectivity index (χ4v) is 2.35. The van der Waals surface area contributed by atoms with Gasteiger partial charge in [0.25, 0.3) is 0 Å². The second-order valence-corrected chi connectivity index (χ2v) is 5.45. The summed E-state index contributed by atoms with van der Waals surface area (Å²) in [6, 6.07) is 3.97. The maximum atomic E-state index is 11.3. The molecule has 0 saturated carbocycles. The van der Waals surface area contributed by atoms with Crippen LogP contribution in [0.4, 0.5) is 5.82 Å². The van der Waals surface area contributed by atoms with Gasteiger partial charge in [-0.2, -0.15) is 0 Å². The van der Waals surface area contributed by atoms with E-state index in [1.165, 1.54) is 7.11 Å². The third-order valence-electron chi connectivity index (χ3n) is 3.64. The number of nitrogen functional groups attached to an aromatic ring is 1. The van der Waals surface area contributed by atoms with E-state index < -0.39 is 0 Å². The lowest BCUT2D eigenvalue weighted by molar-refractivity contribution is -0.140. The Balaban J connectivity index is 1.90. The van der Waals surface area contributed by atoms with Crippen molar-refractivity contribution < 1.29 is 9.53 Å². The van der Waals surface area contributed by atoms with E-state index in [1.54, 1.807) is 6.33 Å². The summed E-state index contributed by atoms with van der Waals surface area (Å²) in [6.07, 6.45) is 4.07. The number of aryl methyl sites for hydroxylation is 2. The summed E-state index contributed by atoms with van der Waals surface area (Å²) >= 11 is 0. The molecular weight excluding hydrogens is 308 g/mol. The molecule has 3 rings (SSSR count). The predicted molar refractivity (Wildman–Crippen MR) is 88.1 cm³/mol. The molecule has 3 aromatic rings. The lowest BCUT2D eigenvalue weighted by Crippen LogP contribution is -2.08. The standard InChI is InChI=1S/C16H18N6O2/c1-10-3-4-11(7-18-10)8-22-9-19-14-15(17)20-12(21-16(14)22)5-6-13(23)24-2/h3-4,7,9H,5-6,8H2,1-2H3,(H2,17,20,21). The number of hydrogen-bond donors (Lipinski definition) is 1. The first-order chi connectivity index (χ1) is 11.6. The van der Waals surface area contributed by atoms with Crippen LogP contribution in [0.3, 0.4) is 0 Å². The zero-order valence-electron chi connectivity index (χ0n) is 13.6. The van der Waals surface area contributed by atoms with Crippen LogP contribution >= 0.6 is 0 Å². The fourth-order valence-electron chi connectivity index (χ4n) is 2.35. The van der Waals surface area contributed by atoms with Crippen molar-refractivity contribution in [2.24, 2.45) is 0 Å². The Morgan fingerprint density at radius 2 is 2.12 bits per heavy atom. The monoisotopic (exact) mass is 326 g/mol. The number of methoxy groups -OCH3 is 1. The van der Waals surface area contributed by atoms with Crippen LogP contribution in [0.15, 0.2) is 24.7 Å². The molecule has 3 heterocycles. The Hall–Kier alpha value is -3.03. The van der Waals surface area contributed by atoms with Crippen molar-refractivity contribution >= 4 is 23.0 Å². The van der Waals surface area contributed by atoms with Gasteiger partial charge in [0.15, 0.2) is 11.5 Å². The number of nitrogens with zero attached hydrogens (tertiary/aromatic N) is 5. The van der Waals surface area contributed by atoms with Crippen LogP contribution in [0, 0.1) is 6.92 Å². The molecule has 0 amide bonds. The van der Waals surface area contributed by atoms with Gasteiger partial charge in [0.1, 0.15) is 11.3 Å². The van der Waals surface area contributed by atoms with Gasteiger partial charge in [-0.1, -0.05) is 6.07 Å². The molecule has 0 aliphatic rings. The smallest absolute Gasteiger partial charge is 0.305 e. The molecule has 0 atom stereocenters. The molecule has 0 fully saturated rings. The van der Waals surface area contributed by atoms with E-state index in [-0.39, 0.29) is 12.4 Å². The topological polar surface area (TPSA) is 109 Å². The van der Waals surface area contributed by atoms with Crippen LogP contribution in [0.2, 0.25) is 0 Å². The Morgan fingerprint density at radius 1 is 1.29 bits per heavy atom. The lowest BCUT2D eigenvalue weighted by Gasteiger charge is -2.06. The van der Waals surface area contributed by atoms with Crippen molar-refractivity contribution in [1.29, 1.82) is 0 Å². The minimum Gasteiger partial charge on any atom is -0.469 e. The van der Waals surface area contributed by atoms with Crippen LogP contribution in [-0.2, 0) is 22.5 Å². The number of aromatic nitrogens is 5. The lowest BCUT2D eigenvalue weighted by atomic mass is 10.2. The highest BCUT2D eigenvalue weighted by Crippen LogP contribution is 2.18. The van der Waals surface area contributed by atoms with Crippen LogP contribution in [-0.4, -0.2) is 37.6 Å². The second kappa shape index (κ2) is 6.61. The molecule has 0 aliphatic carbocycles. The van der Waals surface area contributed by atoms with E-state index in [9.17, 15) is 4.79 Å². The molecule has 24 heavy (non-hydrogen) atoms. The third kappa shape index (κ3) is 3.32. The number of imidazole rings is 1. The van der Waals surface area contributed by atoms with E-state index >= 15 is 0 Å². The molecule has 8 nitrogen and oxygen atoms in total. The number of carbonyl (C=O) groups excluding carboxylic acids is 1. The average molecular weight is 326 g/mol. The highest BCUT2D eigenvalue weighted by molar-refractivity contribution is 5.81. The number of rotatable bonds is 5. The normalized spacial score (nSPS) is 10.9. The number of hydrogen-bond acceptors (Lipinski definition) is 7. The van der Waals surface area contributed by atoms with Crippen LogP contribution in [0.1, 0.15) is 23.5 Å². The van der Waals surface area contributed by atoms with Crippen LogP contribution in [0.25, 0.3) is 11.2 Å². The minimum absolute atomic E-state index is 0.206. The number of esters is 1. The van der Waals surface area contributed by atoms with Crippen molar-refractivity contribution in [2.45, 2.75) is 26.3 Å². The number of pyridine rings is 1. The molecule has 0 aliphatic heterocycles. The number of carbonyl (C=O) groups is 1. The second-order valence-electron chi connectivity index (χ2n) is 5.45. The minimum atomic E-state index is -0.309. The molecule has 0 radical (unpaired) electrons. The van der Waals surface area contributed by atoms with E-state index in [2.05, 4.69) is 24.7 Å². The largest absolute Gasteiger partial charge is 0.469 e. The van der Waals surface area contributed by atoms with E-state index in [4.69, 9.17) is 5.73 Å². The zero-order chi connectivity index (χ0) is 17.1. The molecule has 0 aromatic carbocycles. The summed E-state index contributed by atoms with van der Waals surface area (Å²) in [5.74, 6) is 0.492. The molecular formula is C16H18N6O2. The van der Waals surface area contributed by atoms with E-state index in [0.29, 0.717) is 35.8 Å². The maximum absolute atomic E-state index is 11.3. The summed E-state index contributed by atoms with van der Waals surface area (Å²) in [5, 5.41) is 0. The molecule has 0 spiro atoms. The Labute approximate surface area is 138 Å². The highest BCUT2D eigenvalue weighted by Gasteiger charge is 2.13. The summed E-state index contributed by atoms with van der Waals surface area (Å²) < 4.78 is 6.53. The fraction of sp³-hybridized carbons (Fsp3) is 0.312. The molecule has 0 bridgehead atoms. The summed E-state index contributed by atoms with van der Waals surface area (Å²) in [6.45, 7) is 2.52. The first-order valence-electron chi connectivity index (χ1n) is 7.52. The molecule has 3 aromatic heterocycles. The number of fused-ring (bicyclic) bond motifs is 1. The van der Waals surface area contributed by atoms with Crippen LogP contribution < -0.4 is 5.73 Å². The van der Waals surface area contributed by atoms with Crippen LogP contribution in [0.5, 0.6) is 0 Å². The zero-order valence-corrected chi connectivity index (χ0v) is 13.6. The van der Waals surface area contributed by atoms with Crippen molar-refractivity contribution in [2.75, 3.05) is 12.8 Å². The van der Waals surface area contributed by atoms with Crippen molar-refractivity contribution in [1.82, 2.24) is 24.5 Å². The van der Waals surface area contributed by atoms with Gasteiger partial charge in [0, 0.05) is 18.3 Å². The van der Waals surface area contributed by atoms with Crippen molar-refractivity contribution in [3.8, 4) is 0 Å². The molecule has 2 N–H and O–H groups in total. The van der Waals surface area contributed by atoms with Gasteiger partial charge in [-0.25, -0.2) is 15.0 Å². The summed E-state index contributed by atoms with van der Waals surface area (Å²) in [4.78, 5) is 28.6. The molecule has 0 unspecified atom stereocenters. The van der Waals surface area contributed by atoms with Gasteiger partial charge in [0.2, 0.25) is 0 Å². The Bertz CT molecular complexity index is 872. The molecule has 8 heteroatoms. The van der Waals surface area contributed by atoms with Crippen molar-refractivity contribution in [3.63, 3.8) is 0 Å². The number of anilines is 1. The third-order valence-corrected chi connectivity index (χ3v) is 3.64. The summed E-state index contributed by atoms with van der Waals surface area (Å²) in [5.41, 5.74) is 9.16. The first kappa shape index (κ1) is 15.9.